The lowest BCUT2D eigenvalue weighted by Gasteiger charge is -2.02. The molecule has 3 heteroatoms. The van der Waals surface area contributed by atoms with Crippen molar-refractivity contribution in [2.24, 2.45) is 0 Å². The lowest BCUT2D eigenvalue weighted by Crippen LogP contribution is -2.05. The van der Waals surface area contributed by atoms with E-state index in [-0.39, 0.29) is 6.61 Å². The van der Waals surface area contributed by atoms with Gasteiger partial charge in [0.2, 0.25) is 0 Å². The summed E-state index contributed by atoms with van der Waals surface area (Å²) in [5.41, 5.74) is 0.355. The van der Waals surface area contributed by atoms with Crippen LogP contribution in [0.25, 0.3) is 0 Å². The number of hydrogen-bond acceptors (Lipinski definition) is 2. The highest BCUT2D eigenvalue weighted by molar-refractivity contribution is 6.33. The van der Waals surface area contributed by atoms with Gasteiger partial charge >= 0.3 is 5.97 Å². The standard InChI is InChI=1S/C12H9ClO2/c1-2-3-6-9-15-12(14)10-7-4-5-8-11(10)13/h1,3-8H,9H2. The smallest absolute Gasteiger partial charge is 0.339 e. The molecule has 0 fully saturated rings. The van der Waals surface area contributed by atoms with E-state index in [2.05, 4.69) is 5.92 Å². The summed E-state index contributed by atoms with van der Waals surface area (Å²) in [4.78, 5) is 11.4. The maximum Gasteiger partial charge on any atom is 0.339 e. The second-order valence-electron chi connectivity index (χ2n) is 2.65. The summed E-state index contributed by atoms with van der Waals surface area (Å²) in [7, 11) is 0. The Kier molecular flexibility index (Phi) is 4.46. The van der Waals surface area contributed by atoms with E-state index in [9.17, 15) is 4.79 Å². The lowest BCUT2D eigenvalue weighted by atomic mass is 10.2. The molecule has 0 atom stereocenters. The molecule has 0 amide bonds. The normalized spacial score (nSPS) is 9.87. The van der Waals surface area contributed by atoms with E-state index in [1.165, 1.54) is 6.08 Å². The minimum atomic E-state index is -0.456. The highest BCUT2D eigenvalue weighted by Crippen LogP contribution is 2.15. The third-order valence-corrected chi connectivity index (χ3v) is 1.95. The number of carbonyl (C=O) groups is 1. The number of halogens is 1. The summed E-state index contributed by atoms with van der Waals surface area (Å²) >= 11 is 5.81. The summed E-state index contributed by atoms with van der Waals surface area (Å²) < 4.78 is 4.91. The van der Waals surface area contributed by atoms with Gasteiger partial charge in [-0.1, -0.05) is 29.7 Å². The average molecular weight is 221 g/mol. The molecule has 2 nitrogen and oxygen atoms in total. The summed E-state index contributed by atoms with van der Waals surface area (Å²) in [6, 6.07) is 6.71. The number of terminal acetylenes is 1. The lowest BCUT2D eigenvalue weighted by molar-refractivity contribution is 0.0550. The van der Waals surface area contributed by atoms with Crippen molar-refractivity contribution in [3.8, 4) is 12.3 Å². The van der Waals surface area contributed by atoms with Crippen molar-refractivity contribution >= 4 is 17.6 Å². The first-order valence-corrected chi connectivity index (χ1v) is 4.66. The number of benzene rings is 1. The van der Waals surface area contributed by atoms with Gasteiger partial charge in [0.1, 0.15) is 6.61 Å². The van der Waals surface area contributed by atoms with E-state index in [1.54, 1.807) is 30.3 Å². The van der Waals surface area contributed by atoms with Gasteiger partial charge in [0, 0.05) is 0 Å². The van der Waals surface area contributed by atoms with E-state index in [4.69, 9.17) is 22.8 Å². The molecule has 0 aromatic heterocycles. The summed E-state index contributed by atoms with van der Waals surface area (Å²) in [5.74, 6) is 1.84. The third-order valence-electron chi connectivity index (χ3n) is 1.62. The van der Waals surface area contributed by atoms with Crippen LogP contribution in [0.4, 0.5) is 0 Å². The molecule has 0 radical (unpaired) electrons. The fourth-order valence-corrected chi connectivity index (χ4v) is 1.16. The highest BCUT2D eigenvalue weighted by atomic mass is 35.5. The Morgan fingerprint density at radius 1 is 1.53 bits per heavy atom. The Morgan fingerprint density at radius 2 is 2.27 bits per heavy atom. The first-order valence-electron chi connectivity index (χ1n) is 4.28. The molecule has 0 heterocycles. The van der Waals surface area contributed by atoms with Crippen molar-refractivity contribution in [2.45, 2.75) is 0 Å². The first kappa shape index (κ1) is 11.4. The topological polar surface area (TPSA) is 26.3 Å². The van der Waals surface area contributed by atoms with E-state index in [0.29, 0.717) is 10.6 Å². The zero-order valence-electron chi connectivity index (χ0n) is 7.94. The quantitative estimate of drug-likeness (QED) is 0.578. The Hall–Kier alpha value is -1.72. The maximum atomic E-state index is 11.4. The molecular weight excluding hydrogens is 212 g/mol. The van der Waals surface area contributed by atoms with Crippen LogP contribution in [0.5, 0.6) is 0 Å². The molecule has 0 aliphatic heterocycles. The van der Waals surface area contributed by atoms with Crippen molar-refractivity contribution in [1.29, 1.82) is 0 Å². The zero-order chi connectivity index (χ0) is 11.1. The summed E-state index contributed by atoms with van der Waals surface area (Å²) in [5, 5.41) is 0.378. The van der Waals surface area contributed by atoms with Gasteiger partial charge in [-0.3, -0.25) is 0 Å². The minimum Gasteiger partial charge on any atom is -0.458 e. The molecule has 0 spiro atoms. The third kappa shape index (κ3) is 3.49. The molecular formula is C12H9ClO2. The Morgan fingerprint density at radius 3 is 2.93 bits per heavy atom. The van der Waals surface area contributed by atoms with Gasteiger partial charge in [-0.2, -0.15) is 0 Å². The molecule has 0 saturated heterocycles. The van der Waals surface area contributed by atoms with Crippen LogP contribution < -0.4 is 0 Å². The Bertz CT molecular complexity index is 416. The zero-order valence-corrected chi connectivity index (χ0v) is 8.70. The predicted molar refractivity (Wildman–Crippen MR) is 59.7 cm³/mol. The van der Waals surface area contributed by atoms with E-state index < -0.39 is 5.97 Å². The van der Waals surface area contributed by atoms with Crippen LogP contribution in [-0.4, -0.2) is 12.6 Å². The number of rotatable bonds is 3. The van der Waals surface area contributed by atoms with Crippen LogP contribution in [0.1, 0.15) is 10.4 Å². The molecule has 0 unspecified atom stereocenters. The molecule has 15 heavy (non-hydrogen) atoms. The van der Waals surface area contributed by atoms with Crippen molar-refractivity contribution < 1.29 is 9.53 Å². The van der Waals surface area contributed by atoms with E-state index in [0.717, 1.165) is 0 Å². The maximum absolute atomic E-state index is 11.4. The number of allylic oxidation sites excluding steroid dienone is 1. The van der Waals surface area contributed by atoms with E-state index >= 15 is 0 Å². The van der Waals surface area contributed by atoms with Crippen molar-refractivity contribution in [2.75, 3.05) is 6.61 Å². The van der Waals surface area contributed by atoms with Crippen molar-refractivity contribution in [3.63, 3.8) is 0 Å². The molecule has 0 bridgehead atoms. The predicted octanol–water partition coefficient (Wildman–Crippen LogP) is 2.69. The molecule has 1 aromatic carbocycles. The molecule has 76 valence electrons. The fraction of sp³-hybridized carbons (Fsp3) is 0.0833. The molecule has 0 N–H and O–H groups in total. The molecule has 1 aromatic rings. The first-order chi connectivity index (χ1) is 7.25. The van der Waals surface area contributed by atoms with E-state index in [1.807, 2.05) is 0 Å². The van der Waals surface area contributed by atoms with Gasteiger partial charge in [0.15, 0.2) is 0 Å². The Labute approximate surface area is 93.5 Å². The van der Waals surface area contributed by atoms with Crippen LogP contribution in [0, 0.1) is 12.3 Å². The summed E-state index contributed by atoms with van der Waals surface area (Å²) in [6.07, 6.45) is 8.03. The summed E-state index contributed by atoms with van der Waals surface area (Å²) in [6.45, 7) is 0.147. The Balaban J connectivity index is 2.59. The molecule has 1 rings (SSSR count). The van der Waals surface area contributed by atoms with Crippen LogP contribution in [0.2, 0.25) is 5.02 Å². The molecule has 0 saturated carbocycles. The van der Waals surface area contributed by atoms with Gasteiger partial charge in [0.05, 0.1) is 10.6 Å². The van der Waals surface area contributed by atoms with Crippen LogP contribution in [0.3, 0.4) is 0 Å². The average Bonchev–Trinajstić information content (AvgIpc) is 2.25. The fourth-order valence-electron chi connectivity index (χ4n) is 0.944. The SMILES string of the molecule is C#CC=CCOC(=O)c1ccccc1Cl. The van der Waals surface area contributed by atoms with Gasteiger partial charge in [-0.25, -0.2) is 4.79 Å². The monoisotopic (exact) mass is 220 g/mol. The minimum absolute atomic E-state index is 0.147. The van der Waals surface area contributed by atoms with Gasteiger partial charge in [-0.15, -0.1) is 6.42 Å². The number of hydrogen-bond donors (Lipinski definition) is 0. The molecule has 0 aliphatic rings. The number of ether oxygens (including phenoxy) is 1. The number of carbonyl (C=O) groups excluding carboxylic acids is 1. The number of esters is 1. The second-order valence-corrected chi connectivity index (χ2v) is 3.05. The van der Waals surface area contributed by atoms with Crippen molar-refractivity contribution in [1.82, 2.24) is 0 Å². The highest BCUT2D eigenvalue weighted by Gasteiger charge is 2.09. The van der Waals surface area contributed by atoms with Gasteiger partial charge < -0.3 is 4.74 Å². The van der Waals surface area contributed by atoms with Crippen LogP contribution in [-0.2, 0) is 4.74 Å². The van der Waals surface area contributed by atoms with Gasteiger partial charge in [-0.05, 0) is 24.3 Å². The largest absolute Gasteiger partial charge is 0.458 e. The molecule has 0 aliphatic carbocycles. The van der Waals surface area contributed by atoms with Gasteiger partial charge in [0.25, 0.3) is 0 Å². The second kappa shape index (κ2) is 5.90. The van der Waals surface area contributed by atoms with Crippen molar-refractivity contribution in [3.05, 3.63) is 47.0 Å². The van der Waals surface area contributed by atoms with Crippen LogP contribution >= 0.6 is 11.6 Å². The van der Waals surface area contributed by atoms with Crippen LogP contribution in [0.15, 0.2) is 36.4 Å².